The van der Waals surface area contributed by atoms with E-state index in [4.69, 9.17) is 0 Å². The number of halogens is 1. The summed E-state index contributed by atoms with van der Waals surface area (Å²) >= 11 is 2.02. The van der Waals surface area contributed by atoms with Gasteiger partial charge < -0.3 is 4.90 Å². The second kappa shape index (κ2) is 4.40. The summed E-state index contributed by atoms with van der Waals surface area (Å²) in [4.78, 5) is 13.3. The summed E-state index contributed by atoms with van der Waals surface area (Å²) in [7, 11) is 3.73. The van der Waals surface area contributed by atoms with Crippen LogP contribution in [0.3, 0.4) is 0 Å². The molecule has 0 aromatic carbocycles. The van der Waals surface area contributed by atoms with Gasteiger partial charge in [-0.1, -0.05) is 0 Å². The molecule has 0 aliphatic rings. The van der Waals surface area contributed by atoms with Crippen LogP contribution in [0.15, 0.2) is 18.5 Å². The predicted octanol–water partition coefficient (Wildman–Crippen LogP) is 1.27. The summed E-state index contributed by atoms with van der Waals surface area (Å²) < 4.78 is 0.700. The maximum atomic E-state index is 11.5. The number of carbonyl (C=O) groups excluding carboxylic acids is 1. The van der Waals surface area contributed by atoms with Crippen LogP contribution in [-0.2, 0) is 0 Å². The fourth-order valence-electron chi connectivity index (χ4n) is 0.753. The molecule has 0 aliphatic carbocycles. The van der Waals surface area contributed by atoms with Crippen molar-refractivity contribution in [3.63, 3.8) is 0 Å². The van der Waals surface area contributed by atoms with Gasteiger partial charge in [0.2, 0.25) is 0 Å². The Balaban J connectivity index is 2.75. The molecule has 0 unspecified atom stereocenters. The van der Waals surface area contributed by atoms with Crippen LogP contribution >= 0.6 is 22.6 Å². The van der Waals surface area contributed by atoms with Crippen molar-refractivity contribution in [2.75, 3.05) is 14.1 Å². The van der Waals surface area contributed by atoms with E-state index in [-0.39, 0.29) is 5.78 Å². The van der Waals surface area contributed by atoms with Crippen LogP contribution in [-0.4, -0.2) is 35.0 Å². The minimum atomic E-state index is -0.0353. The van der Waals surface area contributed by atoms with Crippen molar-refractivity contribution >= 4 is 28.4 Å². The molecule has 13 heavy (non-hydrogen) atoms. The van der Waals surface area contributed by atoms with Gasteiger partial charge in [-0.3, -0.25) is 9.89 Å². The van der Waals surface area contributed by atoms with Gasteiger partial charge in [0.05, 0.1) is 5.56 Å². The van der Waals surface area contributed by atoms with Crippen LogP contribution in [0.25, 0.3) is 0 Å². The minimum absolute atomic E-state index is 0.0353. The summed E-state index contributed by atoms with van der Waals surface area (Å²) in [6, 6.07) is 0. The first-order chi connectivity index (χ1) is 6.11. The van der Waals surface area contributed by atoms with Gasteiger partial charge in [-0.15, -0.1) is 0 Å². The molecule has 0 aliphatic heterocycles. The van der Waals surface area contributed by atoms with Crippen molar-refractivity contribution in [2.45, 2.75) is 0 Å². The van der Waals surface area contributed by atoms with E-state index < -0.39 is 0 Å². The summed E-state index contributed by atoms with van der Waals surface area (Å²) in [6.07, 6.45) is 4.84. The Bertz CT molecular complexity index is 330. The number of aromatic nitrogens is 2. The van der Waals surface area contributed by atoms with E-state index in [0.717, 1.165) is 0 Å². The van der Waals surface area contributed by atoms with Gasteiger partial charge in [0, 0.05) is 32.6 Å². The molecule has 0 radical (unpaired) electrons. The molecule has 0 spiro atoms. The van der Waals surface area contributed by atoms with Gasteiger partial charge in [-0.2, -0.15) is 5.10 Å². The highest BCUT2D eigenvalue weighted by Gasteiger charge is 2.08. The first-order valence-electron chi connectivity index (χ1n) is 3.69. The fourth-order valence-corrected chi connectivity index (χ4v) is 1.31. The smallest absolute Gasteiger partial charge is 0.191 e. The number of H-pyrrole nitrogens is 1. The molecule has 0 amide bonds. The molecule has 0 saturated carbocycles. The van der Waals surface area contributed by atoms with Crippen molar-refractivity contribution < 1.29 is 4.79 Å². The Morgan fingerprint density at radius 3 is 2.85 bits per heavy atom. The van der Waals surface area contributed by atoms with Gasteiger partial charge in [0.1, 0.15) is 3.70 Å². The fraction of sp³-hybridized carbons (Fsp3) is 0.250. The minimum Gasteiger partial charge on any atom is -0.383 e. The number of rotatable bonds is 3. The van der Waals surface area contributed by atoms with Crippen LogP contribution in [0.2, 0.25) is 0 Å². The third kappa shape index (κ3) is 2.83. The van der Waals surface area contributed by atoms with Crippen LogP contribution in [0.5, 0.6) is 0 Å². The maximum absolute atomic E-state index is 11.5. The standard InChI is InChI=1S/C8H10IN3O/c1-12(2)4-3-7(13)6-5-10-11-8(6)9/h3-5H,1-2H3,(H,10,11)/b4-3+. The Morgan fingerprint density at radius 2 is 2.38 bits per heavy atom. The van der Waals surface area contributed by atoms with Gasteiger partial charge >= 0.3 is 0 Å². The lowest BCUT2D eigenvalue weighted by Crippen LogP contribution is -2.03. The highest BCUT2D eigenvalue weighted by molar-refractivity contribution is 14.1. The number of nitrogens with zero attached hydrogens (tertiary/aromatic N) is 2. The Labute approximate surface area is 90.1 Å². The molecule has 0 saturated heterocycles. The van der Waals surface area contributed by atoms with E-state index in [9.17, 15) is 4.79 Å². The third-order valence-corrected chi connectivity index (χ3v) is 2.21. The molecule has 1 aromatic rings. The molecular formula is C8H10IN3O. The lowest BCUT2D eigenvalue weighted by atomic mass is 10.2. The van der Waals surface area contributed by atoms with Crippen molar-refractivity contribution in [3.8, 4) is 0 Å². The maximum Gasteiger partial charge on any atom is 0.191 e. The molecule has 1 rings (SSSR count). The number of nitrogens with one attached hydrogen (secondary N) is 1. The number of hydrogen-bond donors (Lipinski definition) is 1. The summed E-state index contributed by atoms with van der Waals surface area (Å²) in [5.41, 5.74) is 0.610. The zero-order valence-corrected chi connectivity index (χ0v) is 9.57. The molecule has 0 bridgehead atoms. The zero-order chi connectivity index (χ0) is 9.84. The monoisotopic (exact) mass is 291 g/mol. The predicted molar refractivity (Wildman–Crippen MR) is 58.5 cm³/mol. The Morgan fingerprint density at radius 1 is 1.69 bits per heavy atom. The second-order valence-electron chi connectivity index (χ2n) is 2.73. The summed E-state index contributed by atoms with van der Waals surface area (Å²) in [5.74, 6) is -0.0353. The molecule has 5 heteroatoms. The van der Waals surface area contributed by atoms with Gasteiger partial charge in [-0.25, -0.2) is 0 Å². The second-order valence-corrected chi connectivity index (χ2v) is 3.76. The van der Waals surface area contributed by atoms with Crippen molar-refractivity contribution in [1.82, 2.24) is 15.1 Å². The van der Waals surface area contributed by atoms with Crippen molar-refractivity contribution in [3.05, 3.63) is 27.7 Å². The summed E-state index contributed by atoms with van der Waals surface area (Å²) in [6.45, 7) is 0. The number of ketones is 1. The van der Waals surface area contributed by atoms with Crippen molar-refractivity contribution in [2.24, 2.45) is 0 Å². The van der Waals surface area contributed by atoms with Crippen molar-refractivity contribution in [1.29, 1.82) is 0 Å². The number of carbonyl (C=O) groups is 1. The Kier molecular flexibility index (Phi) is 3.47. The van der Waals surface area contributed by atoms with Crippen LogP contribution in [0, 0.1) is 3.70 Å². The number of aromatic amines is 1. The summed E-state index contributed by atoms with van der Waals surface area (Å²) in [5, 5.41) is 6.50. The Hall–Kier alpha value is -0.850. The quantitative estimate of drug-likeness (QED) is 0.518. The van der Waals surface area contributed by atoms with E-state index in [2.05, 4.69) is 10.2 Å². The van der Waals surface area contributed by atoms with E-state index >= 15 is 0 Å². The molecule has 4 nitrogen and oxygen atoms in total. The molecule has 1 aromatic heterocycles. The van der Waals surface area contributed by atoms with E-state index in [1.165, 1.54) is 6.08 Å². The van der Waals surface area contributed by atoms with Gasteiger partial charge in [0.15, 0.2) is 5.78 Å². The van der Waals surface area contributed by atoms with E-state index in [1.807, 2.05) is 41.6 Å². The average Bonchev–Trinajstić information content (AvgIpc) is 2.47. The third-order valence-electron chi connectivity index (χ3n) is 1.38. The highest BCUT2D eigenvalue weighted by atomic mass is 127. The highest BCUT2D eigenvalue weighted by Crippen LogP contribution is 2.08. The molecule has 70 valence electrons. The first kappa shape index (κ1) is 10.2. The molecular weight excluding hydrogens is 281 g/mol. The lowest BCUT2D eigenvalue weighted by molar-refractivity contribution is 0.104. The van der Waals surface area contributed by atoms with Gasteiger partial charge in [-0.05, 0) is 22.6 Å². The lowest BCUT2D eigenvalue weighted by Gasteiger charge is -2.01. The van der Waals surface area contributed by atoms with Crippen LogP contribution in [0.1, 0.15) is 10.4 Å². The van der Waals surface area contributed by atoms with Crippen LogP contribution < -0.4 is 0 Å². The van der Waals surface area contributed by atoms with E-state index in [0.29, 0.717) is 9.26 Å². The topological polar surface area (TPSA) is 49.0 Å². The SMILES string of the molecule is CN(C)/C=C/C(=O)c1c[nH]nc1I. The largest absolute Gasteiger partial charge is 0.383 e. The number of allylic oxidation sites excluding steroid dienone is 1. The van der Waals surface area contributed by atoms with Crippen LogP contribution in [0.4, 0.5) is 0 Å². The first-order valence-corrected chi connectivity index (χ1v) is 4.77. The van der Waals surface area contributed by atoms with Gasteiger partial charge in [0.25, 0.3) is 0 Å². The van der Waals surface area contributed by atoms with E-state index in [1.54, 1.807) is 12.4 Å². The molecule has 1 heterocycles. The molecule has 0 fully saturated rings. The number of hydrogen-bond acceptors (Lipinski definition) is 3. The molecule has 1 N–H and O–H groups in total. The average molecular weight is 291 g/mol. The normalized spacial score (nSPS) is 10.7. The molecule has 0 atom stereocenters. The zero-order valence-electron chi connectivity index (χ0n) is 7.41.